The predicted octanol–water partition coefficient (Wildman–Crippen LogP) is 4.33. The van der Waals surface area contributed by atoms with Gasteiger partial charge in [0.15, 0.2) is 0 Å². The van der Waals surface area contributed by atoms with Crippen LogP contribution in [0.25, 0.3) is 22.4 Å². The van der Waals surface area contributed by atoms with E-state index in [1.165, 1.54) is 12.1 Å². The Hall–Kier alpha value is -1.87. The van der Waals surface area contributed by atoms with Crippen LogP contribution < -0.4 is 0 Å². The van der Waals surface area contributed by atoms with Gasteiger partial charge in [0.2, 0.25) is 0 Å². The maximum atomic E-state index is 13.1. The molecule has 1 aromatic heterocycles. The van der Waals surface area contributed by atoms with Crippen molar-refractivity contribution in [2.45, 2.75) is 6.92 Å². The van der Waals surface area contributed by atoms with Crippen molar-refractivity contribution in [3.05, 3.63) is 52.8 Å². The number of hydrogen-bond acceptors (Lipinski definition) is 1. The van der Waals surface area contributed by atoms with Crippen molar-refractivity contribution in [2.24, 2.45) is 0 Å². The van der Waals surface area contributed by atoms with Gasteiger partial charge in [-0.1, -0.05) is 11.6 Å². The second-order valence-corrected chi connectivity index (χ2v) is 4.70. The first-order valence-electron chi connectivity index (χ1n) is 5.55. The van der Waals surface area contributed by atoms with Gasteiger partial charge in [0.25, 0.3) is 0 Å². The first kappa shape index (κ1) is 11.2. The highest BCUT2D eigenvalue weighted by molar-refractivity contribution is 6.30. The summed E-state index contributed by atoms with van der Waals surface area (Å²) in [5, 5.41) is 0.664. The van der Waals surface area contributed by atoms with E-state index in [1.807, 2.05) is 25.1 Å². The first-order chi connectivity index (χ1) is 8.61. The van der Waals surface area contributed by atoms with Crippen LogP contribution in [0.5, 0.6) is 0 Å². The molecule has 3 aromatic rings. The molecule has 2 nitrogen and oxygen atoms in total. The molecule has 1 heterocycles. The molecule has 2 aromatic carbocycles. The number of imidazole rings is 1. The molecule has 0 aliphatic rings. The minimum atomic E-state index is -0.278. The number of rotatable bonds is 1. The normalized spacial score (nSPS) is 11.1. The largest absolute Gasteiger partial charge is 0.338 e. The second-order valence-electron chi connectivity index (χ2n) is 4.26. The van der Waals surface area contributed by atoms with Crippen molar-refractivity contribution in [2.75, 3.05) is 0 Å². The fourth-order valence-corrected chi connectivity index (χ4v) is 2.28. The van der Waals surface area contributed by atoms with E-state index in [-0.39, 0.29) is 5.82 Å². The molecule has 1 N–H and O–H groups in total. The van der Waals surface area contributed by atoms with Crippen LogP contribution in [-0.2, 0) is 0 Å². The van der Waals surface area contributed by atoms with E-state index in [1.54, 1.807) is 6.07 Å². The highest BCUT2D eigenvalue weighted by Gasteiger charge is 2.07. The van der Waals surface area contributed by atoms with Crippen molar-refractivity contribution in [1.29, 1.82) is 0 Å². The fourth-order valence-electron chi connectivity index (χ4n) is 1.99. The van der Waals surface area contributed by atoms with Gasteiger partial charge in [-0.05, 0) is 48.9 Å². The van der Waals surface area contributed by atoms with Crippen molar-refractivity contribution >= 4 is 22.6 Å². The topological polar surface area (TPSA) is 28.7 Å². The quantitative estimate of drug-likeness (QED) is 0.693. The molecule has 0 aliphatic heterocycles. The zero-order valence-corrected chi connectivity index (χ0v) is 10.4. The van der Waals surface area contributed by atoms with E-state index >= 15 is 0 Å². The Labute approximate surface area is 108 Å². The molecule has 0 fully saturated rings. The van der Waals surface area contributed by atoms with E-state index in [2.05, 4.69) is 9.97 Å². The Morgan fingerprint density at radius 2 is 2.00 bits per heavy atom. The number of hydrogen-bond donors (Lipinski definition) is 1. The van der Waals surface area contributed by atoms with Crippen molar-refractivity contribution in [1.82, 2.24) is 9.97 Å². The highest BCUT2D eigenvalue weighted by atomic mass is 35.5. The Balaban J connectivity index is 2.19. The van der Waals surface area contributed by atoms with Crippen LogP contribution in [0.2, 0.25) is 5.02 Å². The molecule has 0 unspecified atom stereocenters. The van der Waals surface area contributed by atoms with E-state index in [0.29, 0.717) is 16.4 Å². The summed E-state index contributed by atoms with van der Waals surface area (Å²) in [5.41, 5.74) is 3.38. The third-order valence-corrected chi connectivity index (χ3v) is 2.98. The minimum Gasteiger partial charge on any atom is -0.338 e. The van der Waals surface area contributed by atoms with Gasteiger partial charge in [-0.15, -0.1) is 0 Å². The van der Waals surface area contributed by atoms with E-state index in [0.717, 1.165) is 16.6 Å². The van der Waals surface area contributed by atoms with Gasteiger partial charge >= 0.3 is 0 Å². The molecule has 4 heteroatoms. The van der Waals surface area contributed by atoms with Crippen LogP contribution in [-0.4, -0.2) is 9.97 Å². The fraction of sp³-hybridized carbons (Fsp3) is 0.0714. The number of H-pyrrole nitrogens is 1. The highest BCUT2D eigenvalue weighted by Crippen LogP contribution is 2.25. The number of aromatic amines is 1. The summed E-state index contributed by atoms with van der Waals surface area (Å²) in [5.74, 6) is 0.418. The third-order valence-electron chi connectivity index (χ3n) is 2.76. The summed E-state index contributed by atoms with van der Waals surface area (Å²) in [6.45, 7) is 1.97. The number of benzene rings is 2. The molecule has 90 valence electrons. The number of nitrogens with one attached hydrogen (secondary N) is 1. The number of aryl methyl sites for hydroxylation is 1. The van der Waals surface area contributed by atoms with Gasteiger partial charge in [-0.3, -0.25) is 0 Å². The SMILES string of the molecule is Cc1cc(Cl)cc(-c2nc3ccc(F)cc3[nH]2)c1. The monoisotopic (exact) mass is 260 g/mol. The molecular weight excluding hydrogens is 251 g/mol. The molecule has 0 saturated heterocycles. The Kier molecular flexibility index (Phi) is 2.56. The molecule has 0 atom stereocenters. The number of aromatic nitrogens is 2. The average Bonchev–Trinajstić information content (AvgIpc) is 2.70. The van der Waals surface area contributed by atoms with Crippen LogP contribution >= 0.6 is 11.6 Å². The number of fused-ring (bicyclic) bond motifs is 1. The maximum absolute atomic E-state index is 13.1. The molecule has 0 radical (unpaired) electrons. The number of halogens is 2. The molecule has 0 spiro atoms. The summed E-state index contributed by atoms with van der Waals surface area (Å²) in [6.07, 6.45) is 0. The van der Waals surface area contributed by atoms with Crippen LogP contribution in [0.15, 0.2) is 36.4 Å². The molecule has 0 saturated carbocycles. The summed E-state index contributed by atoms with van der Waals surface area (Å²) < 4.78 is 13.1. The number of nitrogens with zero attached hydrogens (tertiary/aromatic N) is 1. The van der Waals surface area contributed by atoms with Crippen molar-refractivity contribution in [3.63, 3.8) is 0 Å². The lowest BCUT2D eigenvalue weighted by molar-refractivity contribution is 0.629. The summed E-state index contributed by atoms with van der Waals surface area (Å²) in [7, 11) is 0. The van der Waals surface area contributed by atoms with Gasteiger partial charge in [0.05, 0.1) is 11.0 Å². The van der Waals surface area contributed by atoms with Crippen LogP contribution in [0.4, 0.5) is 4.39 Å². The standard InChI is InChI=1S/C14H10ClFN2/c1-8-4-9(6-10(15)5-8)14-17-12-3-2-11(16)7-13(12)18-14/h2-7H,1H3,(H,17,18). The van der Waals surface area contributed by atoms with Crippen LogP contribution in [0, 0.1) is 12.7 Å². The van der Waals surface area contributed by atoms with Crippen molar-refractivity contribution in [3.8, 4) is 11.4 Å². The second kappa shape index (κ2) is 4.10. The Morgan fingerprint density at radius 3 is 2.78 bits per heavy atom. The van der Waals surface area contributed by atoms with Gasteiger partial charge in [-0.25, -0.2) is 9.37 Å². The third kappa shape index (κ3) is 1.97. The predicted molar refractivity (Wildman–Crippen MR) is 71.2 cm³/mol. The minimum absolute atomic E-state index is 0.278. The Morgan fingerprint density at radius 1 is 1.17 bits per heavy atom. The lowest BCUT2D eigenvalue weighted by Gasteiger charge is -2.00. The maximum Gasteiger partial charge on any atom is 0.138 e. The van der Waals surface area contributed by atoms with Gasteiger partial charge in [0.1, 0.15) is 11.6 Å². The summed E-state index contributed by atoms with van der Waals surface area (Å²) in [6, 6.07) is 10.2. The van der Waals surface area contributed by atoms with Gasteiger partial charge in [-0.2, -0.15) is 0 Å². The molecule has 3 rings (SSSR count). The lowest BCUT2D eigenvalue weighted by Crippen LogP contribution is -1.82. The summed E-state index contributed by atoms with van der Waals surface area (Å²) >= 11 is 6.02. The molecule has 0 amide bonds. The van der Waals surface area contributed by atoms with E-state index in [4.69, 9.17) is 11.6 Å². The first-order valence-corrected chi connectivity index (χ1v) is 5.92. The van der Waals surface area contributed by atoms with E-state index < -0.39 is 0 Å². The van der Waals surface area contributed by atoms with Crippen LogP contribution in [0.3, 0.4) is 0 Å². The molecular formula is C14H10ClFN2. The average molecular weight is 261 g/mol. The van der Waals surface area contributed by atoms with Gasteiger partial charge < -0.3 is 4.98 Å². The molecule has 0 bridgehead atoms. The van der Waals surface area contributed by atoms with Crippen LogP contribution in [0.1, 0.15) is 5.56 Å². The lowest BCUT2D eigenvalue weighted by atomic mass is 10.1. The van der Waals surface area contributed by atoms with Gasteiger partial charge in [0, 0.05) is 10.6 Å². The zero-order valence-electron chi connectivity index (χ0n) is 9.67. The smallest absolute Gasteiger partial charge is 0.138 e. The Bertz CT molecular complexity index is 713. The van der Waals surface area contributed by atoms with Crippen molar-refractivity contribution < 1.29 is 4.39 Å². The zero-order chi connectivity index (χ0) is 12.7. The molecule has 0 aliphatic carbocycles. The molecule has 18 heavy (non-hydrogen) atoms. The van der Waals surface area contributed by atoms with E-state index in [9.17, 15) is 4.39 Å². The summed E-state index contributed by atoms with van der Waals surface area (Å²) in [4.78, 5) is 7.52.